The third-order valence-electron chi connectivity index (χ3n) is 2.68. The van der Waals surface area contributed by atoms with E-state index in [2.05, 4.69) is 10.6 Å². The van der Waals surface area contributed by atoms with Gasteiger partial charge in [-0.2, -0.15) is 0 Å². The zero-order chi connectivity index (χ0) is 12.1. The number of hydrogen-bond acceptors (Lipinski definition) is 3. The van der Waals surface area contributed by atoms with Crippen LogP contribution in [-0.2, 0) is 11.3 Å². The van der Waals surface area contributed by atoms with Crippen molar-refractivity contribution in [2.24, 2.45) is 0 Å². The molecule has 2 aromatic rings. The molecule has 0 radical (unpaired) electrons. The molecule has 2 rings (SSSR count). The second-order valence-corrected chi connectivity index (χ2v) is 3.86. The molecule has 0 saturated heterocycles. The van der Waals surface area contributed by atoms with Gasteiger partial charge in [0, 0.05) is 37.5 Å². The van der Waals surface area contributed by atoms with Crippen molar-refractivity contribution in [3.63, 3.8) is 0 Å². The standard InChI is InChI=1S/C13H16N2O2/c1-14-13(16)6-7-15-8-10-9-17-12-5-3-2-4-11(10)12/h2-5,9,15H,6-8H2,1H3,(H,14,16). The van der Waals surface area contributed by atoms with E-state index in [1.165, 1.54) is 0 Å². The topological polar surface area (TPSA) is 54.3 Å². The maximum absolute atomic E-state index is 11.0. The molecule has 0 aliphatic heterocycles. The van der Waals surface area contributed by atoms with Crippen LogP contribution in [0.15, 0.2) is 34.9 Å². The van der Waals surface area contributed by atoms with Gasteiger partial charge in [-0.25, -0.2) is 0 Å². The normalized spacial score (nSPS) is 10.6. The molecule has 1 aromatic heterocycles. The molecule has 0 fully saturated rings. The predicted octanol–water partition coefficient (Wildman–Crippen LogP) is 1.66. The highest BCUT2D eigenvalue weighted by atomic mass is 16.3. The number of amides is 1. The van der Waals surface area contributed by atoms with Crippen molar-refractivity contribution < 1.29 is 9.21 Å². The average molecular weight is 232 g/mol. The molecule has 0 saturated carbocycles. The van der Waals surface area contributed by atoms with Crippen LogP contribution in [0.25, 0.3) is 11.0 Å². The second kappa shape index (κ2) is 5.50. The lowest BCUT2D eigenvalue weighted by atomic mass is 10.2. The molecule has 1 aromatic carbocycles. The van der Waals surface area contributed by atoms with E-state index >= 15 is 0 Å². The summed E-state index contributed by atoms with van der Waals surface area (Å²) in [5.74, 6) is 0.0505. The van der Waals surface area contributed by atoms with Crippen molar-refractivity contribution in [3.05, 3.63) is 36.1 Å². The maximum atomic E-state index is 11.0. The predicted molar refractivity (Wildman–Crippen MR) is 66.6 cm³/mol. The Balaban J connectivity index is 1.89. The van der Waals surface area contributed by atoms with Gasteiger partial charge in [-0.05, 0) is 6.07 Å². The fraction of sp³-hybridized carbons (Fsp3) is 0.308. The number of para-hydroxylation sites is 1. The highest BCUT2D eigenvalue weighted by molar-refractivity contribution is 5.80. The Hall–Kier alpha value is -1.81. The largest absolute Gasteiger partial charge is 0.464 e. The van der Waals surface area contributed by atoms with Crippen LogP contribution in [0.4, 0.5) is 0 Å². The van der Waals surface area contributed by atoms with Gasteiger partial charge in [-0.1, -0.05) is 18.2 Å². The Kier molecular flexibility index (Phi) is 3.77. The first-order valence-corrected chi connectivity index (χ1v) is 5.67. The minimum Gasteiger partial charge on any atom is -0.464 e. The summed E-state index contributed by atoms with van der Waals surface area (Å²) < 4.78 is 5.43. The molecule has 0 atom stereocenters. The molecule has 17 heavy (non-hydrogen) atoms. The van der Waals surface area contributed by atoms with Gasteiger partial charge in [0.15, 0.2) is 0 Å². The van der Waals surface area contributed by atoms with Crippen LogP contribution in [-0.4, -0.2) is 19.5 Å². The van der Waals surface area contributed by atoms with E-state index in [9.17, 15) is 4.79 Å². The number of carbonyl (C=O) groups is 1. The van der Waals surface area contributed by atoms with Crippen LogP contribution in [0.3, 0.4) is 0 Å². The molecule has 2 N–H and O–H groups in total. The molecule has 1 heterocycles. The van der Waals surface area contributed by atoms with Crippen molar-refractivity contribution in [2.75, 3.05) is 13.6 Å². The number of fused-ring (bicyclic) bond motifs is 1. The summed E-state index contributed by atoms with van der Waals surface area (Å²) in [7, 11) is 1.64. The van der Waals surface area contributed by atoms with E-state index in [-0.39, 0.29) is 5.91 Å². The number of carbonyl (C=O) groups excluding carboxylic acids is 1. The van der Waals surface area contributed by atoms with E-state index in [0.717, 1.165) is 16.5 Å². The summed E-state index contributed by atoms with van der Waals surface area (Å²) in [6.45, 7) is 1.38. The van der Waals surface area contributed by atoms with Crippen LogP contribution < -0.4 is 10.6 Å². The van der Waals surface area contributed by atoms with Gasteiger partial charge < -0.3 is 15.1 Å². The summed E-state index contributed by atoms with van der Waals surface area (Å²) in [6.07, 6.45) is 2.25. The van der Waals surface area contributed by atoms with Crippen LogP contribution in [0.5, 0.6) is 0 Å². The third-order valence-corrected chi connectivity index (χ3v) is 2.68. The first kappa shape index (κ1) is 11.7. The number of hydrogen-bond donors (Lipinski definition) is 2. The lowest BCUT2D eigenvalue weighted by Crippen LogP contribution is -2.24. The number of furan rings is 1. The molecular formula is C13H16N2O2. The Labute approximate surface area is 100.0 Å². The maximum Gasteiger partial charge on any atom is 0.221 e. The van der Waals surface area contributed by atoms with Gasteiger partial charge in [-0.3, -0.25) is 4.79 Å². The van der Waals surface area contributed by atoms with Crippen LogP contribution >= 0.6 is 0 Å². The minimum atomic E-state index is 0.0505. The van der Waals surface area contributed by atoms with E-state index in [4.69, 9.17) is 4.42 Å². The van der Waals surface area contributed by atoms with Crippen molar-refractivity contribution >= 4 is 16.9 Å². The Morgan fingerprint density at radius 2 is 2.18 bits per heavy atom. The van der Waals surface area contributed by atoms with Gasteiger partial charge in [0.1, 0.15) is 5.58 Å². The Bertz CT molecular complexity index is 505. The summed E-state index contributed by atoms with van der Waals surface area (Å²) in [6, 6.07) is 7.93. The van der Waals surface area contributed by atoms with Crippen LogP contribution in [0, 0.1) is 0 Å². The van der Waals surface area contributed by atoms with Crippen molar-refractivity contribution in [2.45, 2.75) is 13.0 Å². The first-order valence-electron chi connectivity index (χ1n) is 5.67. The fourth-order valence-electron chi connectivity index (χ4n) is 1.72. The monoisotopic (exact) mass is 232 g/mol. The van der Waals surface area contributed by atoms with Crippen LogP contribution in [0.2, 0.25) is 0 Å². The van der Waals surface area contributed by atoms with Gasteiger partial charge >= 0.3 is 0 Å². The quantitative estimate of drug-likeness (QED) is 0.771. The summed E-state index contributed by atoms with van der Waals surface area (Å²) in [5.41, 5.74) is 2.02. The molecule has 4 heteroatoms. The smallest absolute Gasteiger partial charge is 0.221 e. The van der Waals surface area contributed by atoms with E-state index in [1.54, 1.807) is 13.3 Å². The number of rotatable bonds is 5. The van der Waals surface area contributed by atoms with Gasteiger partial charge in [-0.15, -0.1) is 0 Å². The summed E-state index contributed by atoms with van der Waals surface area (Å²) >= 11 is 0. The zero-order valence-electron chi connectivity index (χ0n) is 9.82. The summed E-state index contributed by atoms with van der Waals surface area (Å²) in [5, 5.41) is 6.94. The molecule has 0 aliphatic rings. The molecule has 90 valence electrons. The summed E-state index contributed by atoms with van der Waals surface area (Å²) in [4.78, 5) is 11.0. The van der Waals surface area contributed by atoms with E-state index < -0.39 is 0 Å². The van der Waals surface area contributed by atoms with Crippen molar-refractivity contribution in [1.82, 2.24) is 10.6 Å². The second-order valence-electron chi connectivity index (χ2n) is 3.86. The van der Waals surface area contributed by atoms with E-state index in [0.29, 0.717) is 19.5 Å². The Morgan fingerprint density at radius 3 is 3.00 bits per heavy atom. The molecule has 0 spiro atoms. The van der Waals surface area contributed by atoms with Crippen LogP contribution in [0.1, 0.15) is 12.0 Å². The van der Waals surface area contributed by atoms with Gasteiger partial charge in [0.25, 0.3) is 0 Å². The molecule has 1 amide bonds. The fourth-order valence-corrected chi connectivity index (χ4v) is 1.72. The van der Waals surface area contributed by atoms with Crippen molar-refractivity contribution in [1.29, 1.82) is 0 Å². The Morgan fingerprint density at radius 1 is 1.35 bits per heavy atom. The van der Waals surface area contributed by atoms with Gasteiger partial charge in [0.2, 0.25) is 5.91 Å². The highest BCUT2D eigenvalue weighted by Crippen LogP contribution is 2.20. The lowest BCUT2D eigenvalue weighted by Gasteiger charge is -2.02. The third kappa shape index (κ3) is 2.85. The molecule has 0 aliphatic carbocycles. The van der Waals surface area contributed by atoms with Crippen molar-refractivity contribution in [3.8, 4) is 0 Å². The number of benzene rings is 1. The SMILES string of the molecule is CNC(=O)CCNCc1coc2ccccc12. The first-order chi connectivity index (χ1) is 8.31. The molecule has 4 nitrogen and oxygen atoms in total. The average Bonchev–Trinajstić information content (AvgIpc) is 2.78. The lowest BCUT2D eigenvalue weighted by molar-refractivity contribution is -0.120. The van der Waals surface area contributed by atoms with Gasteiger partial charge in [0.05, 0.1) is 6.26 Å². The zero-order valence-corrected chi connectivity index (χ0v) is 9.82. The highest BCUT2D eigenvalue weighted by Gasteiger charge is 2.04. The minimum absolute atomic E-state index is 0.0505. The van der Waals surface area contributed by atoms with E-state index in [1.807, 2.05) is 24.3 Å². The molecule has 0 bridgehead atoms. The molecular weight excluding hydrogens is 216 g/mol. The molecule has 0 unspecified atom stereocenters. The number of nitrogens with one attached hydrogen (secondary N) is 2.